The Morgan fingerprint density at radius 2 is 1.33 bits per heavy atom. The number of dihydropyridines is 1. The molecule has 0 bridgehead atoms. The lowest BCUT2D eigenvalue weighted by molar-refractivity contribution is -0.135. The van der Waals surface area contributed by atoms with Gasteiger partial charge in [-0.15, -0.1) is 0 Å². The van der Waals surface area contributed by atoms with Crippen LogP contribution < -0.4 is 5.43 Å². The molecule has 0 saturated carbocycles. The van der Waals surface area contributed by atoms with Crippen molar-refractivity contribution in [2.45, 2.75) is 64.2 Å². The number of carbonyl (C=O) groups excluding carboxylic acids is 3. The first-order chi connectivity index (χ1) is 24.6. The van der Waals surface area contributed by atoms with Crippen LogP contribution in [0.4, 0.5) is 0 Å². The molecule has 3 aliphatic rings. The number of aryl methyl sites for hydroxylation is 2. The SMILES string of the molecule is BrC1CCOCC1.CCOC(=O)C1=NCC=C(c2ccc(C)cc2)C1=O.CCOC(=O)c1nn(C2CCOCC2)cc(-c2ccc(C)cc2)c1=O. The van der Waals surface area contributed by atoms with Gasteiger partial charge in [0.2, 0.25) is 16.9 Å². The van der Waals surface area contributed by atoms with E-state index >= 15 is 0 Å². The number of ether oxygens (including phenoxy) is 4. The molecule has 0 N–H and O–H groups in total. The first-order valence-electron chi connectivity index (χ1n) is 17.3. The number of hydrogen-bond donors (Lipinski definition) is 0. The van der Waals surface area contributed by atoms with E-state index in [1.165, 1.54) is 12.8 Å². The monoisotopic (exact) mass is 763 g/mol. The highest BCUT2D eigenvalue weighted by Crippen LogP contribution is 2.23. The van der Waals surface area contributed by atoms with Crippen LogP contribution in [0, 0.1) is 13.8 Å². The number of aliphatic imine (C=N–C) groups is 1. The maximum Gasteiger partial charge on any atom is 0.362 e. The van der Waals surface area contributed by atoms with Gasteiger partial charge in [0, 0.05) is 48.6 Å². The second-order valence-corrected chi connectivity index (χ2v) is 13.4. The van der Waals surface area contributed by atoms with Crippen LogP contribution in [0.3, 0.4) is 0 Å². The van der Waals surface area contributed by atoms with E-state index in [1.807, 2.05) is 62.4 Å². The van der Waals surface area contributed by atoms with E-state index < -0.39 is 17.4 Å². The van der Waals surface area contributed by atoms with Crippen LogP contribution in [0.2, 0.25) is 0 Å². The fraction of sp³-hybridized carbons (Fsp3) is 0.436. The van der Waals surface area contributed by atoms with Gasteiger partial charge in [-0.2, -0.15) is 5.10 Å². The van der Waals surface area contributed by atoms with Crippen molar-refractivity contribution in [2.75, 3.05) is 46.2 Å². The van der Waals surface area contributed by atoms with Gasteiger partial charge in [-0.1, -0.05) is 81.7 Å². The molecule has 12 heteroatoms. The Hall–Kier alpha value is -4.26. The van der Waals surface area contributed by atoms with Crippen LogP contribution >= 0.6 is 15.9 Å². The molecule has 0 radical (unpaired) electrons. The molecule has 1 aromatic heterocycles. The van der Waals surface area contributed by atoms with Crippen molar-refractivity contribution >= 4 is 44.9 Å². The summed E-state index contributed by atoms with van der Waals surface area (Å²) in [5.74, 6) is -1.69. The average molecular weight is 765 g/mol. The lowest BCUT2D eigenvalue weighted by Gasteiger charge is -2.24. The zero-order valence-corrected chi connectivity index (χ0v) is 31.3. The Bertz CT molecular complexity index is 1750. The minimum atomic E-state index is -0.678. The van der Waals surface area contributed by atoms with E-state index in [9.17, 15) is 19.2 Å². The Balaban J connectivity index is 0.000000197. The molecule has 2 aromatic carbocycles. The highest BCUT2D eigenvalue weighted by atomic mass is 79.9. The number of Topliss-reactive ketones (excluding diaryl/α,β-unsaturated/α-hetero) is 1. The van der Waals surface area contributed by atoms with Crippen molar-refractivity contribution in [2.24, 2.45) is 4.99 Å². The number of nitrogens with zero attached hydrogens (tertiary/aromatic N) is 3. The summed E-state index contributed by atoms with van der Waals surface area (Å²) in [7, 11) is 0. The summed E-state index contributed by atoms with van der Waals surface area (Å²) in [6.45, 7) is 11.3. The predicted octanol–water partition coefficient (Wildman–Crippen LogP) is 6.27. The van der Waals surface area contributed by atoms with E-state index in [0.29, 0.717) is 30.9 Å². The lowest BCUT2D eigenvalue weighted by Crippen LogP contribution is -2.29. The number of carbonyl (C=O) groups is 3. The summed E-state index contributed by atoms with van der Waals surface area (Å²) in [4.78, 5) is 53.5. The topological polar surface area (TPSA) is 135 Å². The Labute approximate surface area is 307 Å². The van der Waals surface area contributed by atoms with Crippen molar-refractivity contribution in [1.29, 1.82) is 0 Å². The largest absolute Gasteiger partial charge is 0.461 e. The maximum atomic E-state index is 12.8. The van der Waals surface area contributed by atoms with Gasteiger partial charge in [0.1, 0.15) is 0 Å². The number of hydrogen-bond acceptors (Lipinski definition) is 10. The Morgan fingerprint density at radius 1 is 0.804 bits per heavy atom. The Kier molecular flexibility index (Phi) is 15.5. The van der Waals surface area contributed by atoms with Crippen LogP contribution in [0.15, 0.2) is 70.6 Å². The van der Waals surface area contributed by atoms with E-state index in [0.717, 1.165) is 53.1 Å². The molecule has 3 aliphatic heterocycles. The van der Waals surface area contributed by atoms with Gasteiger partial charge in [0.25, 0.3) is 0 Å². The van der Waals surface area contributed by atoms with Gasteiger partial charge >= 0.3 is 11.9 Å². The molecule has 0 amide bonds. The second kappa shape index (κ2) is 20.0. The number of rotatable bonds is 7. The Morgan fingerprint density at radius 3 is 1.86 bits per heavy atom. The minimum Gasteiger partial charge on any atom is -0.461 e. The summed E-state index contributed by atoms with van der Waals surface area (Å²) in [5, 5.41) is 4.29. The fourth-order valence-corrected chi connectivity index (χ4v) is 5.82. The third kappa shape index (κ3) is 11.4. The van der Waals surface area contributed by atoms with Crippen LogP contribution in [0.25, 0.3) is 16.7 Å². The number of ketones is 1. The standard InChI is InChI=1S/C19H22N2O4.C15H15NO3.C5H9BrO/c1-3-25-19(23)17-18(22)16(14-6-4-13(2)5-7-14)12-21(20-17)15-8-10-24-11-9-15;1-3-19-15(18)13-14(17)12(8-9-16-13)11-6-4-10(2)5-7-11;6-5-1-3-7-4-2-5/h4-7,12,15H,3,8-11H2,1-2H3;4-8H,3,9H2,1-2H3;5H,1-4H2. The van der Waals surface area contributed by atoms with E-state index in [-0.39, 0.29) is 36.4 Å². The summed E-state index contributed by atoms with van der Waals surface area (Å²) in [6.07, 6.45) is 7.43. The predicted molar refractivity (Wildman–Crippen MR) is 200 cm³/mol. The van der Waals surface area contributed by atoms with Crippen LogP contribution in [-0.4, -0.2) is 84.2 Å². The van der Waals surface area contributed by atoms with Gasteiger partial charge in [0.05, 0.1) is 25.8 Å². The van der Waals surface area contributed by atoms with Crippen molar-refractivity contribution < 1.29 is 33.3 Å². The molecule has 2 saturated heterocycles. The van der Waals surface area contributed by atoms with Crippen molar-refractivity contribution in [3.8, 4) is 11.1 Å². The third-order valence-electron chi connectivity index (χ3n) is 8.32. The van der Waals surface area contributed by atoms with Crippen molar-refractivity contribution in [3.05, 3.63) is 93.4 Å². The summed E-state index contributed by atoms with van der Waals surface area (Å²) < 4.78 is 22.1. The highest BCUT2D eigenvalue weighted by Gasteiger charge is 2.28. The maximum absolute atomic E-state index is 12.8. The second-order valence-electron chi connectivity index (χ2n) is 12.1. The molecule has 0 atom stereocenters. The smallest absolute Gasteiger partial charge is 0.362 e. The van der Waals surface area contributed by atoms with Crippen LogP contribution in [-0.2, 0) is 28.5 Å². The number of benzene rings is 2. The quantitative estimate of drug-likeness (QED) is 0.202. The molecule has 272 valence electrons. The molecule has 0 spiro atoms. The van der Waals surface area contributed by atoms with E-state index in [1.54, 1.807) is 30.8 Å². The molecule has 2 fully saturated rings. The zero-order valence-electron chi connectivity index (χ0n) is 29.7. The van der Waals surface area contributed by atoms with Crippen molar-refractivity contribution in [1.82, 2.24) is 9.78 Å². The van der Waals surface area contributed by atoms with Crippen LogP contribution in [0.5, 0.6) is 0 Å². The average Bonchev–Trinajstić information content (AvgIpc) is 3.14. The molecule has 0 unspecified atom stereocenters. The normalized spacial score (nSPS) is 16.4. The minimum absolute atomic E-state index is 0.103. The van der Waals surface area contributed by atoms with Gasteiger partial charge in [-0.05, 0) is 64.5 Å². The van der Waals surface area contributed by atoms with Gasteiger partial charge in [-0.3, -0.25) is 19.3 Å². The van der Waals surface area contributed by atoms with Crippen LogP contribution in [0.1, 0.15) is 72.8 Å². The lowest BCUT2D eigenvalue weighted by atomic mass is 9.96. The first kappa shape index (κ1) is 39.5. The highest BCUT2D eigenvalue weighted by molar-refractivity contribution is 9.09. The summed E-state index contributed by atoms with van der Waals surface area (Å²) >= 11 is 3.51. The first-order valence-corrected chi connectivity index (χ1v) is 18.2. The van der Waals surface area contributed by atoms with Gasteiger partial charge in [0.15, 0.2) is 5.71 Å². The number of alkyl halides is 1. The third-order valence-corrected chi connectivity index (χ3v) is 9.24. The number of allylic oxidation sites excluding steroid dienone is 1. The van der Waals surface area contributed by atoms with E-state index in [4.69, 9.17) is 18.9 Å². The fourth-order valence-electron chi connectivity index (χ4n) is 5.44. The summed E-state index contributed by atoms with van der Waals surface area (Å²) in [6, 6.07) is 15.4. The molecule has 4 heterocycles. The molecule has 11 nitrogen and oxygen atoms in total. The molecule has 0 aliphatic carbocycles. The molecule has 51 heavy (non-hydrogen) atoms. The van der Waals surface area contributed by atoms with Crippen molar-refractivity contribution in [3.63, 3.8) is 0 Å². The number of halogens is 1. The molecular weight excluding hydrogens is 718 g/mol. The molecule has 3 aromatic rings. The van der Waals surface area contributed by atoms with Gasteiger partial charge in [-0.25, -0.2) is 9.59 Å². The number of aromatic nitrogens is 2. The van der Waals surface area contributed by atoms with E-state index in [2.05, 4.69) is 26.0 Å². The summed E-state index contributed by atoms with van der Waals surface area (Å²) in [5.41, 5.74) is 4.09. The molecule has 6 rings (SSSR count). The number of esters is 2. The molecular formula is C39H46BrN3O8. The zero-order chi connectivity index (χ0) is 36.8. The van der Waals surface area contributed by atoms with Gasteiger partial charge < -0.3 is 18.9 Å².